The molecule has 1 aliphatic rings. The number of nitrogens with two attached hydrogens (primary N) is 1. The van der Waals surface area contributed by atoms with Crippen LogP contribution >= 0.6 is 0 Å². The van der Waals surface area contributed by atoms with Gasteiger partial charge in [-0.15, -0.1) is 0 Å². The molecule has 0 aliphatic heterocycles. The summed E-state index contributed by atoms with van der Waals surface area (Å²) < 4.78 is 5.62. The Hall–Kier alpha value is -0.120. The van der Waals surface area contributed by atoms with E-state index in [9.17, 15) is 0 Å². The highest BCUT2D eigenvalue weighted by Gasteiger charge is 2.21. The second-order valence-electron chi connectivity index (χ2n) is 4.68. The lowest BCUT2D eigenvalue weighted by molar-refractivity contribution is 0.0908. The summed E-state index contributed by atoms with van der Waals surface area (Å²) in [6.07, 6.45) is 5.14. The molecule has 90 valence electrons. The molecule has 1 rings (SSSR count). The van der Waals surface area contributed by atoms with Crippen LogP contribution in [0.25, 0.3) is 0 Å². The largest absolute Gasteiger partial charge is 0.380 e. The van der Waals surface area contributed by atoms with E-state index in [2.05, 4.69) is 18.9 Å². The van der Waals surface area contributed by atoms with Crippen LogP contribution in [0.5, 0.6) is 0 Å². The van der Waals surface area contributed by atoms with Gasteiger partial charge in [-0.25, -0.2) is 0 Å². The minimum atomic E-state index is 0.527. The highest BCUT2D eigenvalue weighted by atomic mass is 16.5. The number of likely N-dealkylation sites (N-methyl/N-ethyl adjacent to an activating group) is 1. The molecule has 0 aromatic carbocycles. The van der Waals surface area contributed by atoms with Crippen LogP contribution in [-0.4, -0.2) is 44.3 Å². The van der Waals surface area contributed by atoms with Gasteiger partial charge in [0, 0.05) is 25.7 Å². The first-order chi connectivity index (χ1) is 7.27. The van der Waals surface area contributed by atoms with Crippen molar-refractivity contribution in [2.45, 2.75) is 38.6 Å². The standard InChI is InChI=1S/C12H26N2O/c1-3-4-12(9-13)14(2)7-8-15-10-11-5-6-11/h11-12H,3-10,13H2,1-2H3. The molecule has 1 unspecified atom stereocenters. The molecule has 1 aliphatic carbocycles. The van der Waals surface area contributed by atoms with Gasteiger partial charge >= 0.3 is 0 Å². The van der Waals surface area contributed by atoms with E-state index >= 15 is 0 Å². The Morgan fingerprint density at radius 3 is 2.73 bits per heavy atom. The molecule has 15 heavy (non-hydrogen) atoms. The van der Waals surface area contributed by atoms with E-state index in [1.807, 2.05) is 0 Å². The molecule has 0 aromatic rings. The average molecular weight is 214 g/mol. The van der Waals surface area contributed by atoms with Crippen LogP contribution in [0, 0.1) is 5.92 Å². The van der Waals surface area contributed by atoms with Gasteiger partial charge in [-0.3, -0.25) is 4.90 Å². The molecule has 1 saturated carbocycles. The molecule has 0 saturated heterocycles. The molecular formula is C12H26N2O. The predicted molar refractivity (Wildman–Crippen MR) is 63.9 cm³/mol. The van der Waals surface area contributed by atoms with Crippen molar-refractivity contribution in [1.82, 2.24) is 4.90 Å². The summed E-state index contributed by atoms with van der Waals surface area (Å²) in [5.41, 5.74) is 5.74. The molecular weight excluding hydrogens is 188 g/mol. The van der Waals surface area contributed by atoms with E-state index in [-0.39, 0.29) is 0 Å². The zero-order chi connectivity index (χ0) is 11.1. The van der Waals surface area contributed by atoms with Crippen LogP contribution in [-0.2, 0) is 4.74 Å². The number of ether oxygens (including phenoxy) is 1. The maximum Gasteiger partial charge on any atom is 0.0593 e. The van der Waals surface area contributed by atoms with Gasteiger partial charge in [-0.1, -0.05) is 13.3 Å². The second kappa shape index (κ2) is 7.20. The molecule has 0 bridgehead atoms. The molecule has 1 fully saturated rings. The van der Waals surface area contributed by atoms with Crippen molar-refractivity contribution in [3.63, 3.8) is 0 Å². The highest BCUT2D eigenvalue weighted by molar-refractivity contribution is 4.72. The number of rotatable bonds is 9. The minimum Gasteiger partial charge on any atom is -0.380 e. The summed E-state index contributed by atoms with van der Waals surface area (Å²) in [7, 11) is 2.15. The lowest BCUT2D eigenvalue weighted by Crippen LogP contribution is -2.39. The van der Waals surface area contributed by atoms with Crippen molar-refractivity contribution in [2.75, 3.05) is 33.4 Å². The maximum absolute atomic E-state index is 5.74. The van der Waals surface area contributed by atoms with Crippen molar-refractivity contribution in [1.29, 1.82) is 0 Å². The topological polar surface area (TPSA) is 38.5 Å². The fourth-order valence-corrected chi connectivity index (χ4v) is 1.78. The van der Waals surface area contributed by atoms with Gasteiger partial charge in [0.05, 0.1) is 6.61 Å². The number of hydrogen-bond acceptors (Lipinski definition) is 3. The Kier molecular flexibility index (Phi) is 6.22. The zero-order valence-electron chi connectivity index (χ0n) is 10.2. The van der Waals surface area contributed by atoms with Gasteiger partial charge in [0.25, 0.3) is 0 Å². The van der Waals surface area contributed by atoms with Crippen molar-refractivity contribution in [2.24, 2.45) is 11.7 Å². The summed E-state index contributed by atoms with van der Waals surface area (Å²) >= 11 is 0. The lowest BCUT2D eigenvalue weighted by atomic mass is 10.1. The summed E-state index contributed by atoms with van der Waals surface area (Å²) in [5.74, 6) is 0.872. The van der Waals surface area contributed by atoms with E-state index < -0.39 is 0 Å². The molecule has 0 spiro atoms. The van der Waals surface area contributed by atoms with E-state index in [0.29, 0.717) is 6.04 Å². The van der Waals surface area contributed by atoms with Crippen molar-refractivity contribution in [3.05, 3.63) is 0 Å². The monoisotopic (exact) mass is 214 g/mol. The van der Waals surface area contributed by atoms with Crippen LogP contribution in [0.3, 0.4) is 0 Å². The highest BCUT2D eigenvalue weighted by Crippen LogP contribution is 2.28. The van der Waals surface area contributed by atoms with Crippen molar-refractivity contribution < 1.29 is 4.74 Å². The SMILES string of the molecule is CCCC(CN)N(C)CCOCC1CC1. The van der Waals surface area contributed by atoms with Crippen LogP contribution in [0.1, 0.15) is 32.6 Å². The minimum absolute atomic E-state index is 0.527. The lowest BCUT2D eigenvalue weighted by Gasteiger charge is -2.26. The van der Waals surface area contributed by atoms with Crippen molar-refractivity contribution in [3.8, 4) is 0 Å². The molecule has 3 nitrogen and oxygen atoms in total. The van der Waals surface area contributed by atoms with Crippen LogP contribution in [0.2, 0.25) is 0 Å². The van der Waals surface area contributed by atoms with Gasteiger partial charge in [-0.05, 0) is 32.2 Å². The average Bonchev–Trinajstić information content (AvgIpc) is 3.04. The number of nitrogens with zero attached hydrogens (tertiary/aromatic N) is 1. The van der Waals surface area contributed by atoms with Crippen molar-refractivity contribution >= 4 is 0 Å². The Morgan fingerprint density at radius 1 is 1.47 bits per heavy atom. The quantitative estimate of drug-likeness (QED) is 0.591. The first kappa shape index (κ1) is 12.9. The summed E-state index contributed by atoms with van der Waals surface area (Å²) in [5, 5.41) is 0. The molecule has 0 radical (unpaired) electrons. The van der Waals surface area contributed by atoms with E-state index in [1.54, 1.807) is 0 Å². The third-order valence-electron chi connectivity index (χ3n) is 3.16. The predicted octanol–water partition coefficient (Wildman–Crippen LogP) is 1.47. The smallest absolute Gasteiger partial charge is 0.0593 e. The van der Waals surface area contributed by atoms with Crippen LogP contribution in [0.15, 0.2) is 0 Å². The fraction of sp³-hybridized carbons (Fsp3) is 1.00. The molecule has 3 heteroatoms. The van der Waals surface area contributed by atoms with Gasteiger partial charge in [0.15, 0.2) is 0 Å². The normalized spacial score (nSPS) is 18.4. The maximum atomic E-state index is 5.74. The summed E-state index contributed by atoms with van der Waals surface area (Å²) in [6, 6.07) is 0.527. The number of hydrogen-bond donors (Lipinski definition) is 1. The zero-order valence-corrected chi connectivity index (χ0v) is 10.2. The van der Waals surface area contributed by atoms with Gasteiger partial charge in [0.2, 0.25) is 0 Å². The van der Waals surface area contributed by atoms with Crippen LogP contribution < -0.4 is 5.73 Å². The fourth-order valence-electron chi connectivity index (χ4n) is 1.78. The van der Waals surface area contributed by atoms with E-state index in [1.165, 1.54) is 25.7 Å². The Morgan fingerprint density at radius 2 is 2.20 bits per heavy atom. The third kappa shape index (κ3) is 5.50. The van der Waals surface area contributed by atoms with E-state index in [4.69, 9.17) is 10.5 Å². The Balaban J connectivity index is 2.00. The summed E-state index contributed by atoms with van der Waals surface area (Å²) in [6.45, 7) is 5.80. The molecule has 0 amide bonds. The van der Waals surface area contributed by atoms with E-state index in [0.717, 1.165) is 32.2 Å². The van der Waals surface area contributed by atoms with Gasteiger partial charge in [-0.2, -0.15) is 0 Å². The Labute approximate surface area is 94.0 Å². The molecule has 0 heterocycles. The van der Waals surface area contributed by atoms with Crippen LogP contribution in [0.4, 0.5) is 0 Å². The molecule has 2 N–H and O–H groups in total. The molecule has 0 aromatic heterocycles. The van der Waals surface area contributed by atoms with Gasteiger partial charge < -0.3 is 10.5 Å². The first-order valence-electron chi connectivity index (χ1n) is 6.26. The van der Waals surface area contributed by atoms with Gasteiger partial charge in [0.1, 0.15) is 0 Å². The molecule has 1 atom stereocenters. The summed E-state index contributed by atoms with van der Waals surface area (Å²) in [4.78, 5) is 2.33. The first-order valence-corrected chi connectivity index (χ1v) is 6.26. The second-order valence-corrected chi connectivity index (χ2v) is 4.68. The Bertz CT molecular complexity index is 160. The third-order valence-corrected chi connectivity index (χ3v) is 3.16.